The molecule has 2 aromatic carbocycles. The first-order valence-corrected chi connectivity index (χ1v) is 7.84. The number of nitrogens with zero attached hydrogens (tertiary/aromatic N) is 4. The predicted molar refractivity (Wildman–Crippen MR) is 101 cm³/mol. The summed E-state index contributed by atoms with van der Waals surface area (Å²) < 4.78 is 0.971. The molecule has 0 saturated heterocycles. The van der Waals surface area contributed by atoms with Crippen molar-refractivity contribution in [2.75, 3.05) is 11.5 Å². The van der Waals surface area contributed by atoms with E-state index >= 15 is 0 Å². The van der Waals surface area contributed by atoms with Crippen molar-refractivity contribution in [3.05, 3.63) is 58.7 Å². The summed E-state index contributed by atoms with van der Waals surface area (Å²) in [6.07, 6.45) is 6.67. The van der Waals surface area contributed by atoms with Crippen molar-refractivity contribution in [1.82, 2.24) is 19.9 Å². The minimum Gasteiger partial charge on any atom is -0.399 e. The standard InChI is InChI=1S/C8H6IN3.C8H7N3/c9-7-5(10)1-2-6-8(7)12-4-3-11-6;9-6-1-2-7-8(5-6)11-4-3-10-7/h1-4H,10H2;1-5H,9H2. The monoisotopic (exact) mass is 416 g/mol. The van der Waals surface area contributed by atoms with E-state index in [1.165, 1.54) is 0 Å². The molecule has 2 aromatic heterocycles. The largest absolute Gasteiger partial charge is 0.399 e. The van der Waals surface area contributed by atoms with Crippen molar-refractivity contribution in [3.8, 4) is 0 Å². The van der Waals surface area contributed by atoms with Gasteiger partial charge in [0.2, 0.25) is 0 Å². The van der Waals surface area contributed by atoms with Gasteiger partial charge in [0, 0.05) is 36.2 Å². The van der Waals surface area contributed by atoms with Crippen LogP contribution in [-0.4, -0.2) is 19.9 Å². The molecule has 4 N–H and O–H groups in total. The number of rotatable bonds is 0. The lowest BCUT2D eigenvalue weighted by Gasteiger charge is -2.00. The van der Waals surface area contributed by atoms with Crippen molar-refractivity contribution in [1.29, 1.82) is 0 Å². The van der Waals surface area contributed by atoms with Gasteiger partial charge in [-0.3, -0.25) is 19.9 Å². The number of hydrogen-bond acceptors (Lipinski definition) is 6. The summed E-state index contributed by atoms with van der Waals surface area (Å²) in [6.45, 7) is 0. The quantitative estimate of drug-likeness (QED) is 0.338. The Hall–Kier alpha value is -2.55. The van der Waals surface area contributed by atoms with Crippen LogP contribution < -0.4 is 11.5 Å². The van der Waals surface area contributed by atoms with E-state index in [4.69, 9.17) is 11.5 Å². The van der Waals surface area contributed by atoms with Crippen molar-refractivity contribution in [3.63, 3.8) is 0 Å². The molecule has 0 amide bonds. The molecule has 0 saturated carbocycles. The highest BCUT2D eigenvalue weighted by Gasteiger charge is 2.02. The van der Waals surface area contributed by atoms with E-state index in [0.717, 1.165) is 37.0 Å². The summed E-state index contributed by atoms with van der Waals surface area (Å²) in [5, 5.41) is 0. The number of nitrogen functional groups attached to an aromatic ring is 2. The molecule has 0 radical (unpaired) electrons. The van der Waals surface area contributed by atoms with E-state index in [1.54, 1.807) is 24.8 Å². The van der Waals surface area contributed by atoms with Crippen LogP contribution in [0.5, 0.6) is 0 Å². The average molecular weight is 416 g/mol. The van der Waals surface area contributed by atoms with Gasteiger partial charge >= 0.3 is 0 Å². The zero-order chi connectivity index (χ0) is 16.2. The third-order valence-corrected chi connectivity index (χ3v) is 4.24. The molecule has 4 rings (SSSR count). The van der Waals surface area contributed by atoms with Gasteiger partial charge in [0.05, 0.1) is 20.1 Å². The molecule has 0 aliphatic heterocycles. The second-order valence-corrected chi connectivity index (χ2v) is 5.78. The Morgan fingerprint density at radius 1 is 0.696 bits per heavy atom. The topological polar surface area (TPSA) is 104 Å². The van der Waals surface area contributed by atoms with Crippen LogP contribution in [0.15, 0.2) is 55.1 Å². The van der Waals surface area contributed by atoms with Gasteiger partial charge in [-0.15, -0.1) is 0 Å². The molecule has 6 nitrogen and oxygen atoms in total. The first-order chi connectivity index (χ1) is 11.1. The molecular weight excluding hydrogens is 403 g/mol. The summed E-state index contributed by atoms with van der Waals surface area (Å²) in [6, 6.07) is 9.20. The van der Waals surface area contributed by atoms with Crippen LogP contribution in [0.25, 0.3) is 22.1 Å². The molecule has 23 heavy (non-hydrogen) atoms. The number of fused-ring (bicyclic) bond motifs is 2. The number of aromatic nitrogens is 4. The summed E-state index contributed by atoms with van der Waals surface area (Å²) in [5.41, 5.74) is 16.2. The lowest BCUT2D eigenvalue weighted by Crippen LogP contribution is -1.92. The number of halogens is 1. The minimum atomic E-state index is 0.720. The molecule has 0 spiro atoms. The van der Waals surface area contributed by atoms with E-state index in [1.807, 2.05) is 30.3 Å². The van der Waals surface area contributed by atoms with E-state index in [2.05, 4.69) is 42.5 Å². The fraction of sp³-hybridized carbons (Fsp3) is 0. The molecular formula is C16H13IN6. The van der Waals surface area contributed by atoms with Gasteiger partial charge in [-0.2, -0.15) is 0 Å². The Balaban J connectivity index is 0.000000136. The summed E-state index contributed by atoms with van der Waals surface area (Å²) in [4.78, 5) is 16.6. The normalized spacial score (nSPS) is 10.3. The van der Waals surface area contributed by atoms with Gasteiger partial charge in [0.15, 0.2) is 0 Å². The highest BCUT2D eigenvalue weighted by molar-refractivity contribution is 14.1. The second-order valence-electron chi connectivity index (χ2n) is 4.70. The van der Waals surface area contributed by atoms with Gasteiger partial charge in [-0.05, 0) is 52.9 Å². The van der Waals surface area contributed by atoms with Crippen LogP contribution in [0.4, 0.5) is 11.4 Å². The lowest BCUT2D eigenvalue weighted by atomic mass is 10.3. The first-order valence-electron chi connectivity index (χ1n) is 6.76. The van der Waals surface area contributed by atoms with Crippen LogP contribution in [0.1, 0.15) is 0 Å². The van der Waals surface area contributed by atoms with E-state index in [0.29, 0.717) is 0 Å². The van der Waals surface area contributed by atoms with Crippen molar-refractivity contribution in [2.24, 2.45) is 0 Å². The Kier molecular flexibility index (Phi) is 4.47. The molecule has 0 aliphatic rings. The van der Waals surface area contributed by atoms with Crippen LogP contribution in [0.2, 0.25) is 0 Å². The number of nitrogens with two attached hydrogens (primary N) is 2. The molecule has 0 fully saturated rings. The Labute approximate surface area is 146 Å². The predicted octanol–water partition coefficient (Wildman–Crippen LogP) is 3.03. The molecule has 0 unspecified atom stereocenters. The van der Waals surface area contributed by atoms with E-state index in [-0.39, 0.29) is 0 Å². The molecule has 0 bridgehead atoms. The SMILES string of the molecule is Nc1ccc2nccnc2c1.Nc1ccc2nccnc2c1I. The van der Waals surface area contributed by atoms with Gasteiger partial charge in [-0.25, -0.2) is 0 Å². The second kappa shape index (κ2) is 6.69. The lowest BCUT2D eigenvalue weighted by molar-refractivity contribution is 1.29. The van der Waals surface area contributed by atoms with Crippen LogP contribution in [0, 0.1) is 3.57 Å². The first kappa shape index (κ1) is 15.3. The summed E-state index contributed by atoms with van der Waals surface area (Å²) >= 11 is 2.18. The highest BCUT2D eigenvalue weighted by Crippen LogP contribution is 2.22. The van der Waals surface area contributed by atoms with Gasteiger partial charge in [-0.1, -0.05) is 0 Å². The maximum atomic E-state index is 5.71. The fourth-order valence-electron chi connectivity index (χ4n) is 2.00. The third-order valence-electron chi connectivity index (χ3n) is 3.10. The Bertz CT molecular complexity index is 973. The van der Waals surface area contributed by atoms with E-state index in [9.17, 15) is 0 Å². The summed E-state index contributed by atoms with van der Waals surface area (Å²) in [7, 11) is 0. The molecule has 2 heterocycles. The van der Waals surface area contributed by atoms with E-state index < -0.39 is 0 Å². The maximum Gasteiger partial charge on any atom is 0.104 e. The van der Waals surface area contributed by atoms with Crippen LogP contribution >= 0.6 is 22.6 Å². The average Bonchev–Trinajstić information content (AvgIpc) is 2.59. The Morgan fingerprint density at radius 2 is 1.30 bits per heavy atom. The highest BCUT2D eigenvalue weighted by atomic mass is 127. The minimum absolute atomic E-state index is 0.720. The molecule has 0 atom stereocenters. The summed E-state index contributed by atoms with van der Waals surface area (Å²) in [5.74, 6) is 0. The van der Waals surface area contributed by atoms with Crippen LogP contribution in [0.3, 0.4) is 0 Å². The number of anilines is 2. The maximum absolute atomic E-state index is 5.71. The van der Waals surface area contributed by atoms with Gasteiger partial charge in [0.1, 0.15) is 5.52 Å². The van der Waals surface area contributed by atoms with Crippen molar-refractivity contribution < 1.29 is 0 Å². The van der Waals surface area contributed by atoms with Crippen LogP contribution in [-0.2, 0) is 0 Å². The van der Waals surface area contributed by atoms with Crippen molar-refractivity contribution in [2.45, 2.75) is 0 Å². The number of hydrogen-bond donors (Lipinski definition) is 2. The smallest absolute Gasteiger partial charge is 0.104 e. The molecule has 0 aliphatic carbocycles. The van der Waals surface area contributed by atoms with Gasteiger partial charge in [0.25, 0.3) is 0 Å². The Morgan fingerprint density at radius 3 is 2.09 bits per heavy atom. The zero-order valence-corrected chi connectivity index (χ0v) is 14.2. The fourth-order valence-corrected chi connectivity index (χ4v) is 2.59. The molecule has 114 valence electrons. The number of benzene rings is 2. The van der Waals surface area contributed by atoms with Crippen molar-refractivity contribution >= 4 is 56.0 Å². The molecule has 4 aromatic rings. The third kappa shape index (κ3) is 3.45. The zero-order valence-electron chi connectivity index (χ0n) is 12.0. The molecule has 7 heteroatoms. The van der Waals surface area contributed by atoms with Gasteiger partial charge < -0.3 is 11.5 Å².